The van der Waals surface area contributed by atoms with Crippen molar-refractivity contribution in [1.82, 2.24) is 9.88 Å². The van der Waals surface area contributed by atoms with Crippen LogP contribution in [0.1, 0.15) is 22.9 Å². The van der Waals surface area contributed by atoms with Gasteiger partial charge in [0.2, 0.25) is 0 Å². The summed E-state index contributed by atoms with van der Waals surface area (Å²) in [5, 5.41) is 5.88. The Morgan fingerprint density at radius 1 is 1.07 bits per heavy atom. The van der Waals surface area contributed by atoms with Gasteiger partial charge in [0.25, 0.3) is 0 Å². The Morgan fingerprint density at radius 3 is 2.46 bits per heavy atom. The van der Waals surface area contributed by atoms with Gasteiger partial charge in [0.05, 0.1) is 14.2 Å². The van der Waals surface area contributed by atoms with Crippen molar-refractivity contribution in [3.63, 3.8) is 0 Å². The van der Waals surface area contributed by atoms with Crippen LogP contribution in [-0.4, -0.2) is 25.3 Å². The predicted molar refractivity (Wildman–Crippen MR) is 118 cm³/mol. The maximum atomic E-state index is 5.41. The van der Waals surface area contributed by atoms with E-state index in [1.165, 1.54) is 16.8 Å². The second-order valence-corrected chi connectivity index (χ2v) is 8.12. The number of benzene rings is 2. The summed E-state index contributed by atoms with van der Waals surface area (Å²) in [7, 11) is 5.36. The molecule has 0 fully saturated rings. The Labute approximate surface area is 175 Å². The molecule has 3 aromatic rings. The van der Waals surface area contributed by atoms with E-state index < -0.39 is 0 Å². The van der Waals surface area contributed by atoms with Gasteiger partial charge in [-0.3, -0.25) is 0 Å². The molecule has 28 heavy (non-hydrogen) atoms. The molecule has 3 rings (SSSR count). The first kappa shape index (κ1) is 20.6. The second kappa shape index (κ2) is 9.87. The number of hydrogen-bond donors (Lipinski definition) is 1. The number of nitrogens with one attached hydrogen (secondary N) is 1. The highest BCUT2D eigenvalue weighted by Gasteiger charge is 2.14. The van der Waals surface area contributed by atoms with Crippen LogP contribution in [0.4, 0.5) is 0 Å². The Hall–Kier alpha value is -2.15. The summed E-state index contributed by atoms with van der Waals surface area (Å²) < 4.78 is 13.7. The number of ether oxygens (including phenoxy) is 2. The minimum Gasteiger partial charge on any atom is -0.493 e. The molecular formula is C22H26N2O2S2. The van der Waals surface area contributed by atoms with Gasteiger partial charge >= 0.3 is 0 Å². The molecule has 0 aliphatic heterocycles. The third-order valence-corrected chi connectivity index (χ3v) is 6.30. The summed E-state index contributed by atoms with van der Waals surface area (Å²) in [6.45, 7) is 0.865. The van der Waals surface area contributed by atoms with Gasteiger partial charge in [-0.25, -0.2) is 0 Å². The zero-order chi connectivity index (χ0) is 19.9. The van der Waals surface area contributed by atoms with E-state index in [1.54, 1.807) is 25.6 Å². The van der Waals surface area contributed by atoms with Crippen molar-refractivity contribution in [2.45, 2.75) is 18.9 Å². The zero-order valence-corrected chi connectivity index (χ0v) is 18.1. The van der Waals surface area contributed by atoms with Crippen LogP contribution in [0.3, 0.4) is 0 Å². The largest absolute Gasteiger partial charge is 0.493 e. The summed E-state index contributed by atoms with van der Waals surface area (Å²) in [5.41, 5.74) is 3.75. The fourth-order valence-electron chi connectivity index (χ4n) is 3.21. The van der Waals surface area contributed by atoms with E-state index in [1.807, 2.05) is 19.2 Å². The minimum absolute atomic E-state index is 0.233. The van der Waals surface area contributed by atoms with Crippen molar-refractivity contribution in [3.8, 4) is 11.5 Å². The number of nitrogens with zero attached hydrogens (tertiary/aromatic N) is 1. The first-order chi connectivity index (χ1) is 13.6. The molecule has 1 N–H and O–H groups in total. The number of aromatic nitrogens is 1. The molecule has 0 saturated heterocycles. The first-order valence-electron chi connectivity index (χ1n) is 9.25. The molecule has 0 aliphatic carbocycles. The molecule has 1 atom stereocenters. The molecule has 2 aromatic carbocycles. The highest BCUT2D eigenvalue weighted by Crippen LogP contribution is 2.28. The quantitative estimate of drug-likeness (QED) is 0.503. The normalized spacial score (nSPS) is 12.0. The summed E-state index contributed by atoms with van der Waals surface area (Å²) in [6.07, 6.45) is 1.81. The van der Waals surface area contributed by atoms with Crippen LogP contribution in [0.2, 0.25) is 0 Å². The van der Waals surface area contributed by atoms with E-state index >= 15 is 0 Å². The lowest BCUT2D eigenvalue weighted by molar-refractivity contribution is 0.354. The molecule has 1 unspecified atom stereocenters. The van der Waals surface area contributed by atoms with Gasteiger partial charge in [-0.05, 0) is 48.4 Å². The fourth-order valence-corrected chi connectivity index (χ4v) is 4.24. The number of rotatable bonds is 9. The Morgan fingerprint density at radius 2 is 1.82 bits per heavy atom. The molecule has 0 spiro atoms. The van der Waals surface area contributed by atoms with Crippen molar-refractivity contribution >= 4 is 23.6 Å². The molecule has 0 amide bonds. The third kappa shape index (κ3) is 5.01. The lowest BCUT2D eigenvalue weighted by Gasteiger charge is -2.20. The molecule has 0 saturated carbocycles. The molecule has 4 nitrogen and oxygen atoms in total. The summed E-state index contributed by atoms with van der Waals surface area (Å²) in [4.78, 5) is 0. The lowest BCUT2D eigenvalue weighted by atomic mass is 10.0. The predicted octanol–water partition coefficient (Wildman–Crippen LogP) is 4.95. The van der Waals surface area contributed by atoms with E-state index in [-0.39, 0.29) is 6.04 Å². The minimum atomic E-state index is 0.233. The molecule has 1 heterocycles. The Kier molecular flexibility index (Phi) is 7.25. The molecular weight excluding hydrogens is 388 g/mol. The average Bonchev–Trinajstić information content (AvgIpc) is 3.05. The molecule has 0 radical (unpaired) electrons. The van der Waals surface area contributed by atoms with E-state index in [9.17, 15) is 0 Å². The van der Waals surface area contributed by atoms with Crippen LogP contribution in [0.5, 0.6) is 11.5 Å². The van der Waals surface area contributed by atoms with Gasteiger partial charge in [-0.1, -0.05) is 36.4 Å². The SMILES string of the molecule is COc1ccc(CCNC(Cc2csc(=S)n2C)c2ccccc2)cc1OC. The maximum absolute atomic E-state index is 5.41. The standard InChI is InChI=1S/C22H26N2O2S2/c1-24-18(15-28-22(24)27)14-19(17-7-5-4-6-8-17)23-12-11-16-9-10-20(25-2)21(13-16)26-3/h4-10,13,15,19,23H,11-12,14H2,1-3H3. The maximum Gasteiger partial charge on any atom is 0.160 e. The van der Waals surface area contributed by atoms with Gasteiger partial charge < -0.3 is 19.4 Å². The van der Waals surface area contributed by atoms with Crippen molar-refractivity contribution < 1.29 is 9.47 Å². The van der Waals surface area contributed by atoms with Crippen LogP contribution >= 0.6 is 23.6 Å². The average molecular weight is 415 g/mol. The molecule has 0 aliphatic rings. The van der Waals surface area contributed by atoms with E-state index in [2.05, 4.69) is 51.7 Å². The molecule has 0 bridgehead atoms. The van der Waals surface area contributed by atoms with Crippen LogP contribution in [-0.2, 0) is 19.9 Å². The number of hydrogen-bond acceptors (Lipinski definition) is 5. The van der Waals surface area contributed by atoms with Crippen LogP contribution in [0.25, 0.3) is 0 Å². The van der Waals surface area contributed by atoms with Crippen LogP contribution in [0, 0.1) is 3.95 Å². The van der Waals surface area contributed by atoms with Crippen LogP contribution in [0.15, 0.2) is 53.9 Å². The Bertz CT molecular complexity index is 951. The van der Waals surface area contributed by atoms with Crippen molar-refractivity contribution in [1.29, 1.82) is 0 Å². The monoisotopic (exact) mass is 414 g/mol. The van der Waals surface area contributed by atoms with Gasteiger partial charge in [-0.15, -0.1) is 11.3 Å². The van der Waals surface area contributed by atoms with Crippen LogP contribution < -0.4 is 14.8 Å². The lowest BCUT2D eigenvalue weighted by Crippen LogP contribution is -2.26. The van der Waals surface area contributed by atoms with E-state index in [0.29, 0.717) is 0 Å². The topological polar surface area (TPSA) is 35.4 Å². The van der Waals surface area contributed by atoms with Gasteiger partial charge in [-0.2, -0.15) is 0 Å². The van der Waals surface area contributed by atoms with Crippen molar-refractivity contribution in [2.24, 2.45) is 7.05 Å². The van der Waals surface area contributed by atoms with E-state index in [0.717, 1.165) is 34.8 Å². The smallest absolute Gasteiger partial charge is 0.160 e. The van der Waals surface area contributed by atoms with Crippen molar-refractivity contribution in [3.05, 3.63) is 74.7 Å². The highest BCUT2D eigenvalue weighted by molar-refractivity contribution is 7.73. The molecule has 6 heteroatoms. The number of methoxy groups -OCH3 is 2. The van der Waals surface area contributed by atoms with Gasteiger partial charge in [0.15, 0.2) is 15.5 Å². The van der Waals surface area contributed by atoms with Crippen molar-refractivity contribution in [2.75, 3.05) is 20.8 Å². The second-order valence-electron chi connectivity index (χ2n) is 6.61. The number of thiazole rings is 1. The Balaban J connectivity index is 1.70. The molecule has 1 aromatic heterocycles. The van der Waals surface area contributed by atoms with Gasteiger partial charge in [0.1, 0.15) is 0 Å². The van der Waals surface area contributed by atoms with Gasteiger partial charge in [0, 0.05) is 30.6 Å². The van der Waals surface area contributed by atoms with E-state index in [4.69, 9.17) is 21.7 Å². The highest BCUT2D eigenvalue weighted by atomic mass is 32.1. The first-order valence-corrected chi connectivity index (χ1v) is 10.5. The summed E-state index contributed by atoms with van der Waals surface area (Å²) >= 11 is 7.00. The third-order valence-electron chi connectivity index (χ3n) is 4.87. The fraction of sp³-hybridized carbons (Fsp3) is 0.318. The zero-order valence-electron chi connectivity index (χ0n) is 16.5. The summed E-state index contributed by atoms with van der Waals surface area (Å²) in [6, 6.07) is 16.9. The molecule has 148 valence electrons. The summed E-state index contributed by atoms with van der Waals surface area (Å²) in [5.74, 6) is 1.52.